The molecule has 0 bridgehead atoms. The number of ether oxygens (including phenoxy) is 1. The predicted molar refractivity (Wildman–Crippen MR) is 124 cm³/mol. The third kappa shape index (κ3) is 5.55. The molecule has 34 heavy (non-hydrogen) atoms. The van der Waals surface area contributed by atoms with Gasteiger partial charge in [-0.15, -0.1) is 0 Å². The molecule has 2 aliphatic heterocycles. The second-order valence-corrected chi connectivity index (χ2v) is 13.3. The number of hydrogen-bond acceptors (Lipinski definition) is 7. The van der Waals surface area contributed by atoms with Crippen molar-refractivity contribution in [3.05, 3.63) is 0 Å². The van der Waals surface area contributed by atoms with Crippen LogP contribution in [0, 0.1) is 11.3 Å². The molecule has 0 aromatic rings. The highest BCUT2D eigenvalue weighted by molar-refractivity contribution is 7.91. The lowest BCUT2D eigenvalue weighted by Crippen LogP contribution is -2.54. The molecule has 0 radical (unpaired) electrons. The first-order chi connectivity index (χ1) is 15.7. The van der Waals surface area contributed by atoms with Gasteiger partial charge in [0.2, 0.25) is 0 Å². The minimum atomic E-state index is -3.19. The minimum absolute atomic E-state index is 0.0288. The number of carbonyl (C=O) groups excluding carboxylic acids is 4. The van der Waals surface area contributed by atoms with E-state index in [1.165, 1.54) is 4.90 Å². The molecule has 1 spiro atoms. The topological polar surface area (TPSA) is 130 Å². The van der Waals surface area contributed by atoms with Gasteiger partial charge >= 0.3 is 12.0 Å². The molecule has 1 saturated carbocycles. The number of esters is 1. The fourth-order valence-electron chi connectivity index (χ4n) is 6.04. The van der Waals surface area contributed by atoms with Crippen molar-refractivity contribution >= 4 is 33.7 Å². The number of rotatable bonds is 7. The lowest BCUT2D eigenvalue weighted by molar-refractivity contribution is -0.155. The summed E-state index contributed by atoms with van der Waals surface area (Å²) in [5.74, 6) is -1.61. The summed E-state index contributed by atoms with van der Waals surface area (Å²) in [6.07, 6.45) is 2.92. The summed E-state index contributed by atoms with van der Waals surface area (Å²) >= 11 is 0. The Labute approximate surface area is 201 Å². The van der Waals surface area contributed by atoms with Gasteiger partial charge in [0.25, 0.3) is 11.8 Å². The zero-order chi connectivity index (χ0) is 25.5. The molecular formula is C23H37N3O7S. The molecule has 10 nitrogen and oxygen atoms in total. The van der Waals surface area contributed by atoms with E-state index in [0.717, 1.165) is 11.3 Å². The molecule has 4 atom stereocenters. The number of nitrogens with one attached hydrogen (secondary N) is 1. The molecule has 192 valence electrons. The molecule has 1 aliphatic carbocycles. The van der Waals surface area contributed by atoms with Gasteiger partial charge in [-0.2, -0.15) is 0 Å². The van der Waals surface area contributed by atoms with Crippen molar-refractivity contribution < 1.29 is 32.3 Å². The number of sulfone groups is 1. The lowest BCUT2D eigenvalue weighted by atomic mass is 9.64. The molecule has 2 saturated heterocycles. The number of amides is 4. The van der Waals surface area contributed by atoms with E-state index in [-0.39, 0.29) is 28.9 Å². The van der Waals surface area contributed by atoms with E-state index in [1.54, 1.807) is 0 Å². The van der Waals surface area contributed by atoms with Gasteiger partial charge < -0.3 is 15.0 Å². The first-order valence-electron chi connectivity index (χ1n) is 12.0. The highest BCUT2D eigenvalue weighted by atomic mass is 32.2. The van der Waals surface area contributed by atoms with Gasteiger partial charge in [-0.05, 0) is 50.4 Å². The Morgan fingerprint density at radius 2 is 1.94 bits per heavy atom. The van der Waals surface area contributed by atoms with Crippen LogP contribution in [-0.4, -0.2) is 84.3 Å². The summed E-state index contributed by atoms with van der Waals surface area (Å²) in [6.45, 7) is 8.73. The maximum absolute atomic E-state index is 13.2. The Hall–Kier alpha value is -2.17. The van der Waals surface area contributed by atoms with Gasteiger partial charge in [-0.3, -0.25) is 19.3 Å². The summed E-state index contributed by atoms with van der Waals surface area (Å²) < 4.78 is 28.9. The van der Waals surface area contributed by atoms with Crippen LogP contribution in [-0.2, 0) is 29.0 Å². The number of nitrogens with zero attached hydrogens (tertiary/aromatic N) is 2. The van der Waals surface area contributed by atoms with Crippen LogP contribution in [0.4, 0.5) is 4.79 Å². The third-order valence-electron chi connectivity index (χ3n) is 7.22. The van der Waals surface area contributed by atoms with Crippen LogP contribution < -0.4 is 5.32 Å². The molecule has 11 heteroatoms. The zero-order valence-electron chi connectivity index (χ0n) is 20.8. The molecule has 0 aromatic heterocycles. The first kappa shape index (κ1) is 26.4. The average molecular weight is 500 g/mol. The Morgan fingerprint density at radius 3 is 2.50 bits per heavy atom. The van der Waals surface area contributed by atoms with Gasteiger partial charge in [0.1, 0.15) is 12.1 Å². The Morgan fingerprint density at radius 1 is 1.26 bits per heavy atom. The second kappa shape index (κ2) is 9.47. The summed E-state index contributed by atoms with van der Waals surface area (Å²) in [5, 5.41) is 2.81. The average Bonchev–Trinajstić information content (AvgIpc) is 3.16. The van der Waals surface area contributed by atoms with E-state index >= 15 is 0 Å². The summed E-state index contributed by atoms with van der Waals surface area (Å²) in [4.78, 5) is 53.4. The third-order valence-corrected chi connectivity index (χ3v) is 8.97. The molecule has 4 unspecified atom stereocenters. The maximum Gasteiger partial charge on any atom is 0.326 e. The summed E-state index contributed by atoms with van der Waals surface area (Å²) in [5.41, 5.74) is -1.15. The van der Waals surface area contributed by atoms with Crippen LogP contribution in [0.1, 0.15) is 66.7 Å². The van der Waals surface area contributed by atoms with Crippen LogP contribution in [0.5, 0.6) is 0 Å². The molecule has 0 aromatic carbocycles. The van der Waals surface area contributed by atoms with E-state index in [0.29, 0.717) is 25.7 Å². The number of imide groups is 1. The lowest BCUT2D eigenvalue weighted by Gasteiger charge is -2.43. The van der Waals surface area contributed by atoms with Crippen LogP contribution in [0.2, 0.25) is 0 Å². The van der Waals surface area contributed by atoms with Crippen molar-refractivity contribution in [1.29, 1.82) is 0 Å². The summed E-state index contributed by atoms with van der Waals surface area (Å²) in [6, 6.07) is -1.30. The largest absolute Gasteiger partial charge is 0.454 e. The van der Waals surface area contributed by atoms with Crippen molar-refractivity contribution in [3.63, 3.8) is 0 Å². The number of urea groups is 1. The summed E-state index contributed by atoms with van der Waals surface area (Å²) in [7, 11) is -3.19. The molecule has 4 amide bonds. The standard InChI is InChI=1S/C23H37N3O7S/c1-6-16(3)26(17-7-8-34(31,32)13-17)18(27)12-33-19(28)11-25-20(29)23(24-21(25)30)10-15(2)9-22(4,5)14-23/h15-17H,6-14H2,1-5H3,(H,24,30). The molecule has 3 fully saturated rings. The molecular weight excluding hydrogens is 462 g/mol. The highest BCUT2D eigenvalue weighted by Crippen LogP contribution is 2.46. The van der Waals surface area contributed by atoms with Crippen LogP contribution in [0.3, 0.4) is 0 Å². The molecule has 2 heterocycles. The second-order valence-electron chi connectivity index (χ2n) is 11.0. The van der Waals surface area contributed by atoms with Crippen molar-refractivity contribution in [2.45, 2.75) is 84.3 Å². The van der Waals surface area contributed by atoms with Gasteiger partial charge in [0.05, 0.1) is 11.5 Å². The number of carbonyl (C=O) groups is 4. The minimum Gasteiger partial charge on any atom is -0.454 e. The smallest absolute Gasteiger partial charge is 0.326 e. The SMILES string of the molecule is CCC(C)N(C(=O)COC(=O)CN1C(=O)NC2(CC(C)CC(C)(C)C2)C1=O)C1CCS(=O)(=O)C1. The molecule has 3 rings (SSSR count). The van der Waals surface area contributed by atoms with Crippen LogP contribution >= 0.6 is 0 Å². The van der Waals surface area contributed by atoms with E-state index in [1.807, 2.05) is 20.8 Å². The van der Waals surface area contributed by atoms with Gasteiger partial charge in [0.15, 0.2) is 16.4 Å². The van der Waals surface area contributed by atoms with Crippen molar-refractivity contribution in [2.24, 2.45) is 11.3 Å². The van der Waals surface area contributed by atoms with Crippen molar-refractivity contribution in [3.8, 4) is 0 Å². The fraction of sp³-hybridized carbons (Fsp3) is 0.826. The Balaban J connectivity index is 1.61. The van der Waals surface area contributed by atoms with E-state index in [9.17, 15) is 27.6 Å². The van der Waals surface area contributed by atoms with Gasteiger partial charge in [0, 0.05) is 12.1 Å². The quantitative estimate of drug-likeness (QED) is 0.415. The molecule has 3 aliphatic rings. The van der Waals surface area contributed by atoms with Crippen molar-refractivity contribution in [1.82, 2.24) is 15.1 Å². The highest BCUT2D eigenvalue weighted by Gasteiger charge is 2.56. The Kier molecular flexibility index (Phi) is 7.36. The van der Waals surface area contributed by atoms with E-state index in [2.05, 4.69) is 19.2 Å². The van der Waals surface area contributed by atoms with E-state index in [4.69, 9.17) is 4.74 Å². The maximum atomic E-state index is 13.2. The fourth-order valence-corrected chi connectivity index (χ4v) is 7.75. The van der Waals surface area contributed by atoms with Crippen LogP contribution in [0.15, 0.2) is 0 Å². The van der Waals surface area contributed by atoms with Gasteiger partial charge in [-0.25, -0.2) is 13.2 Å². The first-order valence-corrected chi connectivity index (χ1v) is 13.8. The van der Waals surface area contributed by atoms with E-state index < -0.39 is 58.4 Å². The predicted octanol–water partition coefficient (Wildman–Crippen LogP) is 1.48. The molecule has 1 N–H and O–H groups in total. The zero-order valence-corrected chi connectivity index (χ0v) is 21.6. The Bertz CT molecular complexity index is 964. The van der Waals surface area contributed by atoms with Crippen LogP contribution in [0.25, 0.3) is 0 Å². The van der Waals surface area contributed by atoms with Gasteiger partial charge in [-0.1, -0.05) is 27.7 Å². The normalized spacial score (nSPS) is 30.8. The monoisotopic (exact) mass is 499 g/mol. The number of hydrogen-bond donors (Lipinski definition) is 1. The van der Waals surface area contributed by atoms with Crippen molar-refractivity contribution in [2.75, 3.05) is 24.7 Å².